The van der Waals surface area contributed by atoms with Crippen LogP contribution in [0.1, 0.15) is 25.8 Å². The molecule has 1 atom stereocenters. The predicted octanol–water partition coefficient (Wildman–Crippen LogP) is 2.24. The smallest absolute Gasteiger partial charge is 0.229 e. The molecule has 5 nitrogen and oxygen atoms in total. The zero-order valence-electron chi connectivity index (χ0n) is 12.8. The van der Waals surface area contributed by atoms with E-state index >= 15 is 0 Å². The minimum atomic E-state index is -3.81. The number of rotatable bonds is 4. The molecule has 2 rings (SSSR count). The number of hydrogen-bond acceptors (Lipinski definition) is 4. The van der Waals surface area contributed by atoms with Gasteiger partial charge in [0.2, 0.25) is 10.0 Å². The van der Waals surface area contributed by atoms with Crippen molar-refractivity contribution in [3.8, 4) is 0 Å². The maximum atomic E-state index is 13.0. The highest BCUT2D eigenvalue weighted by molar-refractivity contribution is 7.92. The number of benzene rings is 1. The first kappa shape index (κ1) is 17.7. The van der Waals surface area contributed by atoms with Crippen molar-refractivity contribution in [1.29, 1.82) is 0 Å². The number of hydrogen-bond donors (Lipinski definition) is 0. The van der Waals surface area contributed by atoms with Gasteiger partial charge in [0.05, 0.1) is 16.4 Å². The van der Waals surface area contributed by atoms with Crippen molar-refractivity contribution in [2.24, 2.45) is 0 Å². The van der Waals surface area contributed by atoms with Crippen molar-refractivity contribution >= 4 is 31.5 Å². The zero-order chi connectivity index (χ0) is 16.8. The summed E-state index contributed by atoms with van der Waals surface area (Å²) in [4.78, 5) is 0.132. The molecule has 1 heterocycles. The Bertz CT molecular complexity index is 789. The number of sulfone groups is 1. The molecule has 0 N–H and O–H groups in total. The van der Waals surface area contributed by atoms with E-state index in [9.17, 15) is 16.8 Å². The van der Waals surface area contributed by atoms with E-state index in [1.165, 1.54) is 10.4 Å². The lowest BCUT2D eigenvalue weighted by molar-refractivity contribution is 0.243. The van der Waals surface area contributed by atoms with Crippen LogP contribution in [0.5, 0.6) is 0 Å². The average Bonchev–Trinajstić information content (AvgIpc) is 2.67. The molecule has 8 heteroatoms. The second-order valence-electron chi connectivity index (χ2n) is 5.92. The summed E-state index contributed by atoms with van der Waals surface area (Å²) in [5.41, 5.74) is -0.325. The summed E-state index contributed by atoms with van der Waals surface area (Å²) in [6.07, 6.45) is 0.308. The highest BCUT2D eigenvalue weighted by Crippen LogP contribution is 2.35. The fourth-order valence-corrected chi connectivity index (χ4v) is 7.53. The molecule has 1 fully saturated rings. The van der Waals surface area contributed by atoms with Gasteiger partial charge in [-0.2, -0.15) is 4.31 Å². The summed E-state index contributed by atoms with van der Waals surface area (Å²) in [5.74, 6) is -0.128. The maximum absolute atomic E-state index is 13.0. The van der Waals surface area contributed by atoms with Crippen LogP contribution in [-0.4, -0.2) is 44.7 Å². The summed E-state index contributed by atoms with van der Waals surface area (Å²) in [5, 5.41) is 0.337. The topological polar surface area (TPSA) is 71.5 Å². The number of aryl methyl sites for hydroxylation is 1. The normalized spacial score (nSPS) is 24.8. The highest BCUT2D eigenvalue weighted by Gasteiger charge is 2.47. The van der Waals surface area contributed by atoms with Gasteiger partial charge in [-0.25, -0.2) is 16.8 Å². The van der Waals surface area contributed by atoms with Crippen LogP contribution in [0.2, 0.25) is 5.02 Å². The maximum Gasteiger partial charge on any atom is 0.243 e. The first-order valence-electron chi connectivity index (χ1n) is 7.01. The van der Waals surface area contributed by atoms with E-state index in [2.05, 4.69) is 0 Å². The molecule has 1 aromatic carbocycles. The van der Waals surface area contributed by atoms with Crippen molar-refractivity contribution in [2.45, 2.75) is 37.6 Å². The Balaban J connectivity index is 2.53. The first-order valence-corrected chi connectivity index (χ1v) is 10.7. The largest absolute Gasteiger partial charge is 0.243 e. The standard InChI is InChI=1S/C14H20ClNO4S2/c1-4-16(14(3)7-8-21(17,18)10-14)22(19,20)13-9-12(15)6-5-11(13)2/h5-6,9H,4,7-8,10H2,1-3H3/t14-/m1/s1. The van der Waals surface area contributed by atoms with Gasteiger partial charge in [0.1, 0.15) is 0 Å². The van der Waals surface area contributed by atoms with Gasteiger partial charge in [-0.1, -0.05) is 24.6 Å². The van der Waals surface area contributed by atoms with Gasteiger partial charge in [-0.3, -0.25) is 0 Å². The van der Waals surface area contributed by atoms with Crippen LogP contribution in [0, 0.1) is 6.92 Å². The van der Waals surface area contributed by atoms with Gasteiger partial charge in [0.25, 0.3) is 0 Å². The van der Waals surface area contributed by atoms with Gasteiger partial charge in [-0.15, -0.1) is 0 Å². The van der Waals surface area contributed by atoms with Crippen molar-refractivity contribution in [3.63, 3.8) is 0 Å². The van der Waals surface area contributed by atoms with Gasteiger partial charge < -0.3 is 0 Å². The van der Waals surface area contributed by atoms with Gasteiger partial charge in [-0.05, 0) is 38.0 Å². The molecule has 0 saturated carbocycles. The summed E-state index contributed by atoms with van der Waals surface area (Å²) < 4.78 is 50.9. The van der Waals surface area contributed by atoms with Gasteiger partial charge >= 0.3 is 0 Å². The minimum Gasteiger partial charge on any atom is -0.229 e. The molecule has 0 amide bonds. The van der Waals surface area contributed by atoms with Crippen LogP contribution in [0.3, 0.4) is 0 Å². The van der Waals surface area contributed by atoms with E-state index in [1.807, 2.05) is 0 Å². The highest BCUT2D eigenvalue weighted by atomic mass is 35.5. The molecule has 1 aliphatic heterocycles. The summed E-state index contributed by atoms with van der Waals surface area (Å²) in [6.45, 7) is 5.32. The Kier molecular flexibility index (Phi) is 4.65. The second-order valence-corrected chi connectivity index (χ2v) is 10.4. The van der Waals surface area contributed by atoms with Crippen molar-refractivity contribution < 1.29 is 16.8 Å². The molecule has 0 aliphatic carbocycles. The summed E-state index contributed by atoms with van der Waals surface area (Å²) in [6, 6.07) is 4.70. The lowest BCUT2D eigenvalue weighted by atomic mass is 10.0. The third-order valence-electron chi connectivity index (χ3n) is 4.09. The molecule has 22 heavy (non-hydrogen) atoms. The van der Waals surface area contributed by atoms with Gasteiger partial charge in [0, 0.05) is 17.1 Å². The number of halogens is 1. The van der Waals surface area contributed by atoms with Crippen LogP contribution in [0.4, 0.5) is 0 Å². The molecule has 0 aromatic heterocycles. The van der Waals surface area contributed by atoms with Gasteiger partial charge in [0.15, 0.2) is 9.84 Å². The minimum absolute atomic E-state index is 0.0179. The summed E-state index contributed by atoms with van der Waals surface area (Å²) in [7, 11) is -7.01. The molecular weight excluding hydrogens is 346 g/mol. The van der Waals surface area contributed by atoms with E-state index in [0.717, 1.165) is 0 Å². The Hall–Kier alpha value is -0.630. The molecule has 1 saturated heterocycles. The Morgan fingerprint density at radius 2 is 2.00 bits per heavy atom. The lowest BCUT2D eigenvalue weighted by Crippen LogP contribution is -2.50. The molecule has 1 aliphatic rings. The van der Waals surface area contributed by atoms with Crippen molar-refractivity contribution in [1.82, 2.24) is 4.31 Å². The predicted molar refractivity (Wildman–Crippen MR) is 87.4 cm³/mol. The van der Waals surface area contributed by atoms with E-state index in [0.29, 0.717) is 17.0 Å². The SMILES string of the molecule is CCN([C@]1(C)CCS(=O)(=O)C1)S(=O)(=O)c1cc(Cl)ccc1C. The van der Waals surface area contributed by atoms with E-state index < -0.39 is 25.4 Å². The van der Waals surface area contributed by atoms with Crippen molar-refractivity contribution in [2.75, 3.05) is 18.1 Å². The Morgan fingerprint density at radius 3 is 2.50 bits per heavy atom. The monoisotopic (exact) mass is 365 g/mol. The van der Waals surface area contributed by atoms with Crippen LogP contribution in [0.15, 0.2) is 23.1 Å². The fraction of sp³-hybridized carbons (Fsp3) is 0.571. The average molecular weight is 366 g/mol. The zero-order valence-corrected chi connectivity index (χ0v) is 15.2. The van der Waals surface area contributed by atoms with Crippen LogP contribution in [0.25, 0.3) is 0 Å². The molecule has 1 aromatic rings. The molecule has 124 valence electrons. The third kappa shape index (κ3) is 3.18. The molecule has 0 bridgehead atoms. The van der Waals surface area contributed by atoms with Crippen LogP contribution in [-0.2, 0) is 19.9 Å². The Morgan fingerprint density at radius 1 is 1.36 bits per heavy atom. The third-order valence-corrected chi connectivity index (χ3v) is 8.49. The second kappa shape index (κ2) is 5.78. The van der Waals surface area contributed by atoms with E-state index in [1.54, 1.807) is 32.9 Å². The molecule has 0 spiro atoms. The fourth-order valence-electron chi connectivity index (χ4n) is 3.00. The summed E-state index contributed by atoms with van der Waals surface area (Å²) >= 11 is 5.93. The Labute approximate surface area is 137 Å². The first-order chi connectivity index (χ1) is 10.0. The van der Waals surface area contributed by atoms with Crippen LogP contribution < -0.4 is 0 Å². The van der Waals surface area contributed by atoms with E-state index in [-0.39, 0.29) is 22.9 Å². The van der Waals surface area contributed by atoms with Crippen molar-refractivity contribution in [3.05, 3.63) is 28.8 Å². The molecular formula is C14H20ClNO4S2. The van der Waals surface area contributed by atoms with Crippen LogP contribution >= 0.6 is 11.6 Å². The lowest BCUT2D eigenvalue weighted by Gasteiger charge is -2.36. The molecule has 0 unspecified atom stereocenters. The molecule has 0 radical (unpaired) electrons. The number of nitrogens with zero attached hydrogens (tertiary/aromatic N) is 1. The van der Waals surface area contributed by atoms with E-state index in [4.69, 9.17) is 11.6 Å². The number of sulfonamides is 1. The quantitative estimate of drug-likeness (QED) is 0.820.